The SMILES string of the molecule is COC(=O)c1cc(I)c(Cl)cc1NC(=O)Cc1cc(C)no1. The number of anilines is 1. The number of esters is 1. The van der Waals surface area contributed by atoms with Gasteiger partial charge in [-0.2, -0.15) is 0 Å². The number of amides is 1. The second-order valence-corrected chi connectivity index (χ2v) is 6.03. The summed E-state index contributed by atoms with van der Waals surface area (Å²) in [5.74, 6) is -0.467. The van der Waals surface area contributed by atoms with Gasteiger partial charge in [0.25, 0.3) is 0 Å². The summed E-state index contributed by atoms with van der Waals surface area (Å²) < 4.78 is 10.4. The number of methoxy groups -OCH3 is 1. The molecule has 0 aliphatic rings. The Morgan fingerprint density at radius 2 is 2.14 bits per heavy atom. The predicted molar refractivity (Wildman–Crippen MR) is 89.1 cm³/mol. The molecule has 8 heteroatoms. The number of nitrogens with zero attached hydrogens (tertiary/aromatic N) is 1. The Hall–Kier alpha value is -1.61. The highest BCUT2D eigenvalue weighted by atomic mass is 127. The number of rotatable bonds is 4. The van der Waals surface area contributed by atoms with Crippen LogP contribution in [0.4, 0.5) is 5.69 Å². The number of hydrogen-bond acceptors (Lipinski definition) is 5. The molecule has 0 spiro atoms. The fourth-order valence-corrected chi connectivity index (χ4v) is 2.41. The Kier molecular flexibility index (Phi) is 5.41. The first-order valence-electron chi connectivity index (χ1n) is 6.20. The molecule has 0 fully saturated rings. The molecule has 6 nitrogen and oxygen atoms in total. The topological polar surface area (TPSA) is 81.4 Å². The van der Waals surface area contributed by atoms with Crippen LogP contribution in [0.3, 0.4) is 0 Å². The summed E-state index contributed by atoms with van der Waals surface area (Å²) in [5.41, 5.74) is 1.22. The van der Waals surface area contributed by atoms with Crippen molar-refractivity contribution in [1.29, 1.82) is 0 Å². The third-order valence-electron chi connectivity index (χ3n) is 2.75. The molecule has 0 radical (unpaired) electrons. The minimum absolute atomic E-state index is 0.00502. The fourth-order valence-electron chi connectivity index (χ4n) is 1.78. The summed E-state index contributed by atoms with van der Waals surface area (Å²) in [6.45, 7) is 1.76. The molecule has 1 heterocycles. The smallest absolute Gasteiger partial charge is 0.340 e. The zero-order valence-corrected chi connectivity index (χ0v) is 14.7. The van der Waals surface area contributed by atoms with E-state index >= 15 is 0 Å². The Labute approximate surface area is 145 Å². The van der Waals surface area contributed by atoms with Crippen LogP contribution in [0.2, 0.25) is 5.02 Å². The molecular formula is C14H12ClIN2O4. The first-order chi connectivity index (χ1) is 10.4. The summed E-state index contributed by atoms with van der Waals surface area (Å²) in [7, 11) is 1.27. The van der Waals surface area contributed by atoms with Crippen molar-refractivity contribution in [1.82, 2.24) is 5.16 Å². The minimum Gasteiger partial charge on any atom is -0.465 e. The molecule has 0 bridgehead atoms. The van der Waals surface area contributed by atoms with Gasteiger partial charge in [-0.1, -0.05) is 16.8 Å². The molecular weight excluding hydrogens is 423 g/mol. The van der Waals surface area contributed by atoms with Gasteiger partial charge in [0, 0.05) is 9.64 Å². The number of carbonyl (C=O) groups is 2. The lowest BCUT2D eigenvalue weighted by molar-refractivity contribution is -0.115. The van der Waals surface area contributed by atoms with Crippen LogP contribution in [0.5, 0.6) is 0 Å². The Balaban J connectivity index is 2.22. The van der Waals surface area contributed by atoms with Gasteiger partial charge in [-0.05, 0) is 41.6 Å². The summed E-state index contributed by atoms with van der Waals surface area (Å²) in [5, 5.41) is 6.78. The Morgan fingerprint density at radius 1 is 1.41 bits per heavy atom. The third-order valence-corrected chi connectivity index (χ3v) is 4.28. The quantitative estimate of drug-likeness (QED) is 0.590. The Morgan fingerprint density at radius 3 is 2.73 bits per heavy atom. The molecule has 0 aliphatic carbocycles. The van der Waals surface area contributed by atoms with Crippen molar-refractivity contribution in [3.63, 3.8) is 0 Å². The molecule has 2 rings (SSSR count). The van der Waals surface area contributed by atoms with Crippen LogP contribution in [0.1, 0.15) is 21.8 Å². The van der Waals surface area contributed by atoms with E-state index in [-0.39, 0.29) is 17.9 Å². The zero-order valence-electron chi connectivity index (χ0n) is 11.8. The van der Waals surface area contributed by atoms with Crippen LogP contribution in [0.15, 0.2) is 22.7 Å². The van der Waals surface area contributed by atoms with Crippen LogP contribution < -0.4 is 5.32 Å². The van der Waals surface area contributed by atoms with Crippen molar-refractivity contribution in [2.45, 2.75) is 13.3 Å². The lowest BCUT2D eigenvalue weighted by Crippen LogP contribution is -2.17. The van der Waals surface area contributed by atoms with E-state index in [0.29, 0.717) is 25.7 Å². The number of halogens is 2. The van der Waals surface area contributed by atoms with Crippen LogP contribution >= 0.6 is 34.2 Å². The second kappa shape index (κ2) is 7.10. The van der Waals surface area contributed by atoms with E-state index in [2.05, 4.69) is 10.5 Å². The zero-order chi connectivity index (χ0) is 16.3. The van der Waals surface area contributed by atoms with E-state index in [4.69, 9.17) is 20.9 Å². The van der Waals surface area contributed by atoms with Crippen molar-refractivity contribution in [2.24, 2.45) is 0 Å². The van der Waals surface area contributed by atoms with E-state index in [1.807, 2.05) is 22.6 Å². The molecule has 0 unspecified atom stereocenters. The first-order valence-corrected chi connectivity index (χ1v) is 7.65. The van der Waals surface area contributed by atoms with E-state index in [1.54, 1.807) is 19.1 Å². The molecule has 1 N–H and O–H groups in total. The maximum Gasteiger partial charge on any atom is 0.340 e. The third kappa shape index (κ3) is 3.98. The van der Waals surface area contributed by atoms with Crippen molar-refractivity contribution >= 4 is 51.8 Å². The van der Waals surface area contributed by atoms with Gasteiger partial charge >= 0.3 is 5.97 Å². The van der Waals surface area contributed by atoms with E-state index in [9.17, 15) is 9.59 Å². The van der Waals surface area contributed by atoms with Gasteiger partial charge < -0.3 is 14.6 Å². The standard InChI is InChI=1S/C14H12ClIN2O4/c1-7-3-8(22-18-7)4-13(19)17-12-6-10(15)11(16)5-9(12)14(20)21-2/h3,5-6H,4H2,1-2H3,(H,17,19). The van der Waals surface area contributed by atoms with Crippen LogP contribution in [-0.2, 0) is 16.0 Å². The van der Waals surface area contributed by atoms with Crippen LogP contribution in [0, 0.1) is 10.5 Å². The largest absolute Gasteiger partial charge is 0.465 e. The van der Waals surface area contributed by atoms with Gasteiger partial charge in [-0.15, -0.1) is 0 Å². The number of aromatic nitrogens is 1. The molecule has 0 atom stereocenters. The molecule has 1 amide bonds. The normalized spacial score (nSPS) is 10.4. The number of nitrogens with one attached hydrogen (secondary N) is 1. The van der Waals surface area contributed by atoms with Crippen molar-refractivity contribution in [2.75, 3.05) is 12.4 Å². The van der Waals surface area contributed by atoms with E-state index in [0.717, 1.165) is 0 Å². The van der Waals surface area contributed by atoms with Gasteiger partial charge in [-0.25, -0.2) is 4.79 Å². The predicted octanol–water partition coefficient (Wildman–Crippen LogP) is 3.21. The number of ether oxygens (including phenoxy) is 1. The first kappa shape index (κ1) is 16.8. The molecule has 0 aliphatic heterocycles. The number of carbonyl (C=O) groups excluding carboxylic acids is 2. The van der Waals surface area contributed by atoms with E-state index < -0.39 is 5.97 Å². The molecule has 116 valence electrons. The average Bonchev–Trinajstić information content (AvgIpc) is 2.86. The lowest BCUT2D eigenvalue weighted by Gasteiger charge is -2.11. The van der Waals surface area contributed by atoms with Gasteiger partial charge in [0.15, 0.2) is 0 Å². The van der Waals surface area contributed by atoms with Crippen molar-refractivity contribution in [3.8, 4) is 0 Å². The summed E-state index contributed by atoms with van der Waals surface area (Å²) in [6, 6.07) is 4.74. The maximum atomic E-state index is 12.1. The van der Waals surface area contributed by atoms with Gasteiger partial charge in [0.2, 0.25) is 5.91 Å². The fraction of sp³-hybridized carbons (Fsp3) is 0.214. The molecule has 22 heavy (non-hydrogen) atoms. The highest BCUT2D eigenvalue weighted by Gasteiger charge is 2.17. The van der Waals surface area contributed by atoms with Crippen LogP contribution in [0.25, 0.3) is 0 Å². The van der Waals surface area contributed by atoms with Crippen molar-refractivity contribution < 1.29 is 18.8 Å². The van der Waals surface area contributed by atoms with Crippen LogP contribution in [-0.4, -0.2) is 24.1 Å². The van der Waals surface area contributed by atoms with Gasteiger partial charge in [0.05, 0.1) is 35.5 Å². The monoisotopic (exact) mass is 434 g/mol. The average molecular weight is 435 g/mol. The number of aryl methyl sites for hydroxylation is 1. The molecule has 0 saturated heterocycles. The highest BCUT2D eigenvalue weighted by molar-refractivity contribution is 14.1. The lowest BCUT2D eigenvalue weighted by atomic mass is 10.1. The molecule has 1 aromatic carbocycles. The number of benzene rings is 1. The summed E-state index contributed by atoms with van der Waals surface area (Å²) in [6.07, 6.45) is 0.00502. The Bertz CT molecular complexity index is 730. The second-order valence-electron chi connectivity index (χ2n) is 4.46. The minimum atomic E-state index is -0.555. The highest BCUT2D eigenvalue weighted by Crippen LogP contribution is 2.27. The summed E-state index contributed by atoms with van der Waals surface area (Å²) >= 11 is 8.04. The van der Waals surface area contributed by atoms with Gasteiger partial charge in [0.1, 0.15) is 5.76 Å². The van der Waals surface area contributed by atoms with Gasteiger partial charge in [-0.3, -0.25) is 4.79 Å². The maximum absolute atomic E-state index is 12.1. The summed E-state index contributed by atoms with van der Waals surface area (Å²) in [4.78, 5) is 23.8. The molecule has 2 aromatic rings. The molecule has 0 saturated carbocycles. The molecule has 1 aromatic heterocycles. The van der Waals surface area contributed by atoms with E-state index in [1.165, 1.54) is 13.2 Å². The number of hydrogen-bond donors (Lipinski definition) is 1. The van der Waals surface area contributed by atoms with Crippen molar-refractivity contribution in [3.05, 3.63) is 43.8 Å².